The van der Waals surface area contributed by atoms with Crippen molar-refractivity contribution in [3.63, 3.8) is 0 Å². The van der Waals surface area contributed by atoms with Gasteiger partial charge >= 0.3 is 0 Å². The highest BCUT2D eigenvalue weighted by atomic mass is 16.5. The Kier molecular flexibility index (Phi) is 4.89. The van der Waals surface area contributed by atoms with Crippen LogP contribution in [0.2, 0.25) is 0 Å². The molecule has 0 bridgehead atoms. The van der Waals surface area contributed by atoms with Gasteiger partial charge in [0.25, 0.3) is 5.56 Å². The first-order chi connectivity index (χ1) is 13.1. The summed E-state index contributed by atoms with van der Waals surface area (Å²) in [6.45, 7) is 3.54. The van der Waals surface area contributed by atoms with E-state index in [2.05, 4.69) is 20.0 Å². The summed E-state index contributed by atoms with van der Waals surface area (Å²) in [7, 11) is 3.53. The zero-order chi connectivity index (χ0) is 18.8. The smallest absolute Gasteiger partial charge is 0.261 e. The first-order valence-electron chi connectivity index (χ1n) is 9.22. The highest BCUT2D eigenvalue weighted by Crippen LogP contribution is 2.21. The van der Waals surface area contributed by atoms with Gasteiger partial charge in [-0.2, -0.15) is 5.10 Å². The van der Waals surface area contributed by atoms with E-state index in [0.717, 1.165) is 38.3 Å². The van der Waals surface area contributed by atoms with Crippen molar-refractivity contribution < 1.29 is 4.74 Å². The lowest BCUT2D eigenvalue weighted by Crippen LogP contribution is -2.36. The number of aryl methyl sites for hydroxylation is 1. The summed E-state index contributed by atoms with van der Waals surface area (Å²) >= 11 is 0. The van der Waals surface area contributed by atoms with Gasteiger partial charge in [-0.15, -0.1) is 0 Å². The Hall–Kier alpha value is -2.74. The van der Waals surface area contributed by atoms with Gasteiger partial charge in [0.2, 0.25) is 0 Å². The lowest BCUT2D eigenvalue weighted by atomic mass is 9.96. The number of piperidine rings is 1. The fourth-order valence-corrected chi connectivity index (χ4v) is 3.66. The van der Waals surface area contributed by atoms with E-state index < -0.39 is 0 Å². The number of ether oxygens (including phenoxy) is 1. The van der Waals surface area contributed by atoms with Gasteiger partial charge in [-0.25, -0.2) is 9.97 Å². The molecule has 1 aliphatic heterocycles. The molecule has 0 saturated carbocycles. The zero-order valence-corrected chi connectivity index (χ0v) is 15.7. The molecule has 1 aromatic carbocycles. The molecular formula is C19H24N6O2. The maximum absolute atomic E-state index is 12.8. The molecule has 3 heterocycles. The zero-order valence-electron chi connectivity index (χ0n) is 15.7. The number of methoxy groups -OCH3 is 1. The molecule has 8 nitrogen and oxygen atoms in total. The molecule has 3 aromatic rings. The molecule has 8 heteroatoms. The molecule has 142 valence electrons. The van der Waals surface area contributed by atoms with Crippen LogP contribution >= 0.6 is 0 Å². The van der Waals surface area contributed by atoms with Crippen molar-refractivity contribution in [2.24, 2.45) is 13.0 Å². The molecule has 1 saturated heterocycles. The maximum atomic E-state index is 12.8. The molecule has 1 aliphatic rings. The van der Waals surface area contributed by atoms with Gasteiger partial charge < -0.3 is 4.74 Å². The van der Waals surface area contributed by atoms with Gasteiger partial charge in [0, 0.05) is 19.7 Å². The molecule has 0 spiro atoms. The Bertz CT molecular complexity index is 987. The van der Waals surface area contributed by atoms with Crippen molar-refractivity contribution in [2.75, 3.05) is 20.2 Å². The van der Waals surface area contributed by atoms with Crippen LogP contribution in [-0.2, 0) is 20.1 Å². The number of likely N-dealkylation sites (tertiary alicyclic amines) is 1. The average molecular weight is 368 g/mol. The minimum absolute atomic E-state index is 0.0177. The summed E-state index contributed by atoms with van der Waals surface area (Å²) in [4.78, 5) is 23.9. The van der Waals surface area contributed by atoms with E-state index in [-0.39, 0.29) is 5.56 Å². The third kappa shape index (κ3) is 3.71. The first-order valence-corrected chi connectivity index (χ1v) is 9.22. The Morgan fingerprint density at radius 3 is 2.74 bits per heavy atom. The summed E-state index contributed by atoms with van der Waals surface area (Å²) in [6.07, 6.45) is 5.38. The van der Waals surface area contributed by atoms with Crippen molar-refractivity contribution in [1.82, 2.24) is 29.2 Å². The number of benzene rings is 1. The standard InChI is InChI=1S/C19H24N6O2/c1-23-18(20-12-22-23)11-24-7-5-14(6-8-24)10-25-13-21-17-9-15(27-2)3-4-16(17)19(25)26/h3-4,9,12-14H,5-8,10-11H2,1-2H3. The van der Waals surface area contributed by atoms with Crippen LogP contribution in [0.15, 0.2) is 35.6 Å². The molecule has 0 atom stereocenters. The summed E-state index contributed by atoms with van der Waals surface area (Å²) in [5.74, 6) is 2.18. The molecule has 0 amide bonds. The van der Waals surface area contributed by atoms with Crippen LogP contribution in [0.25, 0.3) is 10.9 Å². The third-order valence-electron chi connectivity index (χ3n) is 5.36. The Labute approximate surface area is 157 Å². The van der Waals surface area contributed by atoms with Gasteiger partial charge in [-0.1, -0.05) is 0 Å². The van der Waals surface area contributed by atoms with Crippen LogP contribution in [0.5, 0.6) is 5.75 Å². The van der Waals surface area contributed by atoms with Gasteiger partial charge in [-0.3, -0.25) is 18.9 Å². The number of fused-ring (bicyclic) bond motifs is 1. The van der Waals surface area contributed by atoms with Crippen LogP contribution in [0.1, 0.15) is 18.7 Å². The lowest BCUT2D eigenvalue weighted by molar-refractivity contribution is 0.161. The summed E-state index contributed by atoms with van der Waals surface area (Å²) in [5, 5.41) is 4.76. The number of aromatic nitrogens is 5. The van der Waals surface area contributed by atoms with Crippen LogP contribution in [-0.4, -0.2) is 49.4 Å². The van der Waals surface area contributed by atoms with E-state index in [1.165, 1.54) is 0 Å². The molecule has 0 radical (unpaired) electrons. The van der Waals surface area contributed by atoms with Crippen molar-refractivity contribution >= 4 is 10.9 Å². The molecule has 0 unspecified atom stereocenters. The quantitative estimate of drug-likeness (QED) is 0.678. The van der Waals surface area contributed by atoms with Crippen molar-refractivity contribution in [3.05, 3.63) is 47.0 Å². The topological polar surface area (TPSA) is 78.1 Å². The molecular weight excluding hydrogens is 344 g/mol. The number of hydrogen-bond donors (Lipinski definition) is 0. The van der Waals surface area contributed by atoms with Gasteiger partial charge in [0.1, 0.15) is 17.9 Å². The molecule has 0 aliphatic carbocycles. The maximum Gasteiger partial charge on any atom is 0.261 e. The fraction of sp³-hybridized carbons (Fsp3) is 0.474. The van der Waals surface area contributed by atoms with E-state index in [1.807, 2.05) is 11.7 Å². The molecule has 1 fully saturated rings. The highest BCUT2D eigenvalue weighted by Gasteiger charge is 2.21. The number of rotatable bonds is 5. The predicted octanol–water partition coefficient (Wildman–Crippen LogP) is 1.45. The first kappa shape index (κ1) is 17.7. The van der Waals surface area contributed by atoms with E-state index >= 15 is 0 Å². The van der Waals surface area contributed by atoms with Gasteiger partial charge in [0.15, 0.2) is 0 Å². The summed E-state index contributed by atoms with van der Waals surface area (Å²) in [6, 6.07) is 5.40. The Morgan fingerprint density at radius 2 is 2.04 bits per heavy atom. The summed E-state index contributed by atoms with van der Waals surface area (Å²) < 4.78 is 8.77. The van der Waals surface area contributed by atoms with Crippen LogP contribution in [0, 0.1) is 5.92 Å². The molecule has 0 N–H and O–H groups in total. The number of hydrogen-bond acceptors (Lipinski definition) is 6. The largest absolute Gasteiger partial charge is 0.497 e. The van der Waals surface area contributed by atoms with Gasteiger partial charge in [-0.05, 0) is 44.0 Å². The Morgan fingerprint density at radius 1 is 1.22 bits per heavy atom. The van der Waals surface area contributed by atoms with Crippen molar-refractivity contribution in [2.45, 2.75) is 25.9 Å². The molecule has 2 aromatic heterocycles. The van der Waals surface area contributed by atoms with E-state index in [4.69, 9.17) is 4.74 Å². The van der Waals surface area contributed by atoms with E-state index in [0.29, 0.717) is 29.1 Å². The Balaban J connectivity index is 1.41. The lowest BCUT2D eigenvalue weighted by Gasteiger charge is -2.31. The minimum atomic E-state index is 0.0177. The van der Waals surface area contributed by atoms with Crippen LogP contribution < -0.4 is 10.3 Å². The average Bonchev–Trinajstić information content (AvgIpc) is 3.09. The van der Waals surface area contributed by atoms with E-state index in [9.17, 15) is 4.79 Å². The molecule has 4 rings (SSSR count). The SMILES string of the molecule is COc1ccc2c(=O)n(CC3CCN(Cc4ncnn4C)CC3)cnc2c1. The third-order valence-corrected chi connectivity index (χ3v) is 5.36. The second-order valence-corrected chi connectivity index (χ2v) is 7.10. The van der Waals surface area contributed by atoms with Gasteiger partial charge in [0.05, 0.1) is 30.9 Å². The van der Waals surface area contributed by atoms with Crippen molar-refractivity contribution in [1.29, 1.82) is 0 Å². The van der Waals surface area contributed by atoms with Crippen LogP contribution in [0.4, 0.5) is 0 Å². The molecule has 27 heavy (non-hydrogen) atoms. The highest BCUT2D eigenvalue weighted by molar-refractivity contribution is 5.78. The summed E-state index contributed by atoms with van der Waals surface area (Å²) in [5.41, 5.74) is 0.693. The monoisotopic (exact) mass is 368 g/mol. The number of nitrogens with zero attached hydrogens (tertiary/aromatic N) is 6. The normalized spacial score (nSPS) is 16.1. The fourth-order valence-electron chi connectivity index (χ4n) is 3.66. The second-order valence-electron chi connectivity index (χ2n) is 7.10. The van der Waals surface area contributed by atoms with Crippen molar-refractivity contribution in [3.8, 4) is 5.75 Å². The predicted molar refractivity (Wildman–Crippen MR) is 102 cm³/mol. The minimum Gasteiger partial charge on any atom is -0.497 e. The second kappa shape index (κ2) is 7.48. The van der Waals surface area contributed by atoms with Crippen LogP contribution in [0.3, 0.4) is 0 Å². The van der Waals surface area contributed by atoms with E-state index in [1.54, 1.807) is 42.5 Å².